The van der Waals surface area contributed by atoms with Crippen molar-refractivity contribution in [2.24, 2.45) is 0 Å². The van der Waals surface area contributed by atoms with Gasteiger partial charge in [-0.05, 0) is 18.2 Å². The molecule has 0 spiro atoms. The fraction of sp³-hybridized carbons (Fsp3) is 0.167. The van der Waals surface area contributed by atoms with E-state index in [1.54, 1.807) is 0 Å². The third-order valence-electron chi connectivity index (χ3n) is 2.19. The van der Waals surface area contributed by atoms with Crippen molar-refractivity contribution in [1.82, 2.24) is 10.6 Å². The lowest BCUT2D eigenvalue weighted by molar-refractivity contribution is -0.137. The number of nitrogens with one attached hydrogen (secondary N) is 3. The average molecular weight is 311 g/mol. The maximum Gasteiger partial charge on any atom is 0.322 e. The minimum atomic E-state index is -1.18. The van der Waals surface area contributed by atoms with E-state index in [4.69, 9.17) is 22.0 Å². The second kappa shape index (κ2) is 7.72. The number of urea groups is 1. The lowest BCUT2D eigenvalue weighted by atomic mass is 10.2. The molecule has 0 aliphatic heterocycles. The summed E-state index contributed by atoms with van der Waals surface area (Å²) in [6.07, 6.45) is 0. The Balaban J connectivity index is 2.44. The van der Waals surface area contributed by atoms with Gasteiger partial charge in [0.15, 0.2) is 0 Å². The highest BCUT2D eigenvalue weighted by Crippen LogP contribution is 2.19. The Morgan fingerprint density at radius 2 is 1.95 bits per heavy atom. The molecule has 3 amide bonds. The van der Waals surface area contributed by atoms with Crippen molar-refractivity contribution >= 4 is 35.2 Å². The van der Waals surface area contributed by atoms with E-state index >= 15 is 0 Å². The van der Waals surface area contributed by atoms with E-state index in [0.29, 0.717) is 5.69 Å². The fourth-order valence-electron chi connectivity index (χ4n) is 1.26. The number of benzene rings is 1. The van der Waals surface area contributed by atoms with Crippen molar-refractivity contribution in [3.8, 4) is 6.07 Å². The Labute approximate surface area is 124 Å². The van der Waals surface area contributed by atoms with Crippen LogP contribution < -0.4 is 16.0 Å². The van der Waals surface area contributed by atoms with Crippen LogP contribution in [0.2, 0.25) is 5.02 Å². The lowest BCUT2D eigenvalue weighted by Crippen LogP contribution is -2.40. The molecule has 0 saturated carbocycles. The van der Waals surface area contributed by atoms with E-state index in [2.05, 4.69) is 16.0 Å². The van der Waals surface area contributed by atoms with Crippen LogP contribution in [0, 0.1) is 11.3 Å². The molecule has 0 radical (unpaired) electrons. The van der Waals surface area contributed by atoms with Gasteiger partial charge in [0.25, 0.3) is 0 Å². The number of carboxylic acid groups (broad SMARTS) is 1. The van der Waals surface area contributed by atoms with Crippen LogP contribution in [0.25, 0.3) is 0 Å². The Morgan fingerprint density at radius 3 is 2.52 bits per heavy atom. The number of amides is 3. The first-order chi connectivity index (χ1) is 9.92. The SMILES string of the molecule is N#Cc1ccc(NC(=O)NCC(=O)NCC(=O)O)cc1Cl. The predicted octanol–water partition coefficient (Wildman–Crippen LogP) is 0.534. The molecule has 0 atom stereocenters. The van der Waals surface area contributed by atoms with Crippen molar-refractivity contribution in [3.05, 3.63) is 28.8 Å². The highest BCUT2D eigenvalue weighted by atomic mass is 35.5. The number of hydrogen-bond donors (Lipinski definition) is 4. The summed E-state index contributed by atoms with van der Waals surface area (Å²) in [4.78, 5) is 32.9. The number of carbonyl (C=O) groups is 3. The van der Waals surface area contributed by atoms with E-state index in [1.807, 2.05) is 6.07 Å². The number of nitrogens with zero attached hydrogens (tertiary/aromatic N) is 1. The second-order valence-electron chi connectivity index (χ2n) is 3.78. The molecule has 4 N–H and O–H groups in total. The first kappa shape index (κ1) is 16.3. The topological polar surface area (TPSA) is 131 Å². The molecule has 0 aliphatic rings. The molecule has 0 heterocycles. The van der Waals surface area contributed by atoms with Crippen molar-refractivity contribution < 1.29 is 19.5 Å². The highest BCUT2D eigenvalue weighted by molar-refractivity contribution is 6.32. The minimum Gasteiger partial charge on any atom is -0.480 e. The predicted molar refractivity (Wildman–Crippen MR) is 73.8 cm³/mol. The smallest absolute Gasteiger partial charge is 0.322 e. The van der Waals surface area contributed by atoms with Gasteiger partial charge < -0.3 is 21.1 Å². The van der Waals surface area contributed by atoms with Gasteiger partial charge in [-0.15, -0.1) is 0 Å². The Bertz CT molecular complexity index is 612. The van der Waals surface area contributed by atoms with Crippen LogP contribution in [-0.2, 0) is 9.59 Å². The molecule has 21 heavy (non-hydrogen) atoms. The number of carbonyl (C=O) groups excluding carboxylic acids is 2. The minimum absolute atomic E-state index is 0.189. The van der Waals surface area contributed by atoms with Gasteiger partial charge in [0.1, 0.15) is 12.6 Å². The molecular weight excluding hydrogens is 300 g/mol. The van der Waals surface area contributed by atoms with Gasteiger partial charge >= 0.3 is 12.0 Å². The number of hydrogen-bond acceptors (Lipinski definition) is 4. The van der Waals surface area contributed by atoms with Gasteiger partial charge in [-0.1, -0.05) is 11.6 Å². The largest absolute Gasteiger partial charge is 0.480 e. The summed E-state index contributed by atoms with van der Waals surface area (Å²) in [6.45, 7) is -0.892. The van der Waals surface area contributed by atoms with E-state index in [0.717, 1.165) is 0 Å². The summed E-state index contributed by atoms with van der Waals surface area (Å²) < 4.78 is 0. The summed E-state index contributed by atoms with van der Waals surface area (Å²) >= 11 is 5.80. The van der Waals surface area contributed by atoms with Gasteiger partial charge in [0.2, 0.25) is 5.91 Å². The summed E-state index contributed by atoms with van der Waals surface area (Å²) in [6, 6.07) is 5.53. The molecule has 8 nitrogen and oxygen atoms in total. The average Bonchev–Trinajstić information content (AvgIpc) is 2.43. The summed E-state index contributed by atoms with van der Waals surface area (Å²) in [5, 5.41) is 24.0. The van der Waals surface area contributed by atoms with Crippen LogP contribution >= 0.6 is 11.6 Å². The quantitative estimate of drug-likeness (QED) is 0.630. The number of rotatable bonds is 5. The van der Waals surface area contributed by atoms with E-state index in [1.165, 1.54) is 18.2 Å². The van der Waals surface area contributed by atoms with Crippen molar-refractivity contribution in [3.63, 3.8) is 0 Å². The summed E-state index contributed by atoms with van der Waals surface area (Å²) in [7, 11) is 0. The van der Waals surface area contributed by atoms with Crippen molar-refractivity contribution in [1.29, 1.82) is 5.26 Å². The van der Waals surface area contributed by atoms with E-state index in [9.17, 15) is 14.4 Å². The van der Waals surface area contributed by atoms with E-state index in [-0.39, 0.29) is 17.1 Å². The van der Waals surface area contributed by atoms with E-state index < -0.39 is 24.5 Å². The van der Waals surface area contributed by atoms with Crippen LogP contribution in [-0.4, -0.2) is 36.1 Å². The third-order valence-corrected chi connectivity index (χ3v) is 2.51. The first-order valence-electron chi connectivity index (χ1n) is 5.65. The molecule has 1 aromatic carbocycles. The number of carboxylic acids is 1. The Morgan fingerprint density at radius 1 is 1.24 bits per heavy atom. The van der Waals surface area contributed by atoms with Crippen LogP contribution in [0.1, 0.15) is 5.56 Å². The summed E-state index contributed by atoms with van der Waals surface area (Å²) in [5.41, 5.74) is 0.623. The molecule has 0 bridgehead atoms. The molecule has 0 saturated heterocycles. The zero-order chi connectivity index (χ0) is 15.8. The summed E-state index contributed by atoms with van der Waals surface area (Å²) in [5.74, 6) is -1.81. The molecule has 1 aromatic rings. The third kappa shape index (κ3) is 5.80. The lowest BCUT2D eigenvalue weighted by Gasteiger charge is -2.08. The second-order valence-corrected chi connectivity index (χ2v) is 4.19. The zero-order valence-corrected chi connectivity index (χ0v) is 11.4. The fourth-order valence-corrected chi connectivity index (χ4v) is 1.48. The molecule has 0 unspecified atom stereocenters. The van der Waals surface area contributed by atoms with Gasteiger partial charge in [0.05, 0.1) is 17.1 Å². The number of aliphatic carboxylic acids is 1. The van der Waals surface area contributed by atoms with Gasteiger partial charge in [-0.3, -0.25) is 9.59 Å². The first-order valence-corrected chi connectivity index (χ1v) is 6.03. The maximum atomic E-state index is 11.5. The Hall–Kier alpha value is -2.79. The highest BCUT2D eigenvalue weighted by Gasteiger charge is 2.08. The number of nitriles is 1. The van der Waals surface area contributed by atoms with Crippen LogP contribution in [0.3, 0.4) is 0 Å². The Kier molecular flexibility index (Phi) is 5.98. The van der Waals surface area contributed by atoms with Gasteiger partial charge in [-0.2, -0.15) is 5.26 Å². The van der Waals surface area contributed by atoms with Crippen LogP contribution in [0.15, 0.2) is 18.2 Å². The molecule has 110 valence electrons. The van der Waals surface area contributed by atoms with Crippen LogP contribution in [0.4, 0.5) is 10.5 Å². The number of halogens is 1. The molecular formula is C12H11ClN4O4. The molecule has 1 rings (SSSR count). The monoisotopic (exact) mass is 310 g/mol. The van der Waals surface area contributed by atoms with Crippen molar-refractivity contribution in [2.45, 2.75) is 0 Å². The van der Waals surface area contributed by atoms with Crippen LogP contribution in [0.5, 0.6) is 0 Å². The molecule has 9 heteroatoms. The molecule has 0 fully saturated rings. The number of anilines is 1. The van der Waals surface area contributed by atoms with Gasteiger partial charge in [-0.25, -0.2) is 4.79 Å². The van der Waals surface area contributed by atoms with Gasteiger partial charge in [0, 0.05) is 5.69 Å². The van der Waals surface area contributed by atoms with Crippen molar-refractivity contribution in [2.75, 3.05) is 18.4 Å². The standard InChI is InChI=1S/C12H11ClN4O4/c13-9-3-8(2-1-7(9)4-14)17-12(21)16-5-10(18)15-6-11(19)20/h1-3H,5-6H2,(H,15,18)(H,19,20)(H2,16,17,21). The normalized spacial score (nSPS) is 9.33. The maximum absolute atomic E-state index is 11.5. The zero-order valence-electron chi connectivity index (χ0n) is 10.6. The molecule has 0 aliphatic carbocycles. The molecule has 0 aromatic heterocycles.